The summed E-state index contributed by atoms with van der Waals surface area (Å²) >= 11 is 5.84. The van der Waals surface area contributed by atoms with Gasteiger partial charge < -0.3 is 9.75 Å². The lowest BCUT2D eigenvalue weighted by Gasteiger charge is -2.11. The zero-order chi connectivity index (χ0) is 13.5. The number of halogens is 1. The van der Waals surface area contributed by atoms with Gasteiger partial charge in [-0.05, 0) is 24.6 Å². The zero-order valence-corrected chi connectivity index (χ0v) is 11.6. The Kier molecular flexibility index (Phi) is 5.65. The van der Waals surface area contributed by atoms with Gasteiger partial charge in [0.2, 0.25) is 0 Å². The molecule has 0 unspecified atom stereocenters. The van der Waals surface area contributed by atoms with Gasteiger partial charge in [0, 0.05) is 19.1 Å². The van der Waals surface area contributed by atoms with E-state index in [1.165, 1.54) is 0 Å². The Hall–Kier alpha value is -1.55. The van der Waals surface area contributed by atoms with Crippen LogP contribution in [-0.2, 0) is 9.53 Å². The van der Waals surface area contributed by atoms with Gasteiger partial charge in [0.15, 0.2) is 0 Å². The predicted molar refractivity (Wildman–Crippen MR) is 72.9 cm³/mol. The Morgan fingerprint density at radius 1 is 1.33 bits per heavy atom. The first-order valence-electron chi connectivity index (χ1n) is 5.69. The zero-order valence-electron chi connectivity index (χ0n) is 10.8. The van der Waals surface area contributed by atoms with Gasteiger partial charge in [-0.1, -0.05) is 23.7 Å². The number of hydrogen-bond acceptors (Lipinski definition) is 4. The second-order valence-corrected chi connectivity index (χ2v) is 4.32. The summed E-state index contributed by atoms with van der Waals surface area (Å²) in [6, 6.07) is 7.22. The molecule has 0 fully saturated rings. The van der Waals surface area contributed by atoms with E-state index >= 15 is 0 Å². The van der Waals surface area contributed by atoms with Crippen LogP contribution in [0.5, 0.6) is 0 Å². The van der Waals surface area contributed by atoms with Crippen LogP contribution in [-0.4, -0.2) is 37.4 Å². The van der Waals surface area contributed by atoms with Crippen LogP contribution in [0.2, 0.25) is 5.02 Å². The molecule has 18 heavy (non-hydrogen) atoms. The van der Waals surface area contributed by atoms with E-state index in [4.69, 9.17) is 16.3 Å². The lowest BCUT2D eigenvalue weighted by Crippen LogP contribution is -2.16. The summed E-state index contributed by atoms with van der Waals surface area (Å²) in [6.45, 7) is 2.15. The van der Waals surface area contributed by atoms with Gasteiger partial charge >= 0.3 is 5.97 Å². The van der Waals surface area contributed by atoms with Gasteiger partial charge in [-0.25, -0.2) is 0 Å². The quantitative estimate of drug-likeness (QED) is 0.468. The molecular weight excluding hydrogens is 252 g/mol. The highest BCUT2D eigenvalue weighted by atomic mass is 35.5. The first-order valence-corrected chi connectivity index (χ1v) is 6.07. The average molecular weight is 269 g/mol. The third-order valence-corrected chi connectivity index (χ3v) is 2.37. The van der Waals surface area contributed by atoms with E-state index in [0.717, 1.165) is 5.56 Å². The van der Waals surface area contributed by atoms with Crippen LogP contribution in [0.3, 0.4) is 0 Å². The van der Waals surface area contributed by atoms with Crippen LogP contribution >= 0.6 is 11.6 Å². The Labute approximate surface area is 112 Å². The van der Waals surface area contributed by atoms with Gasteiger partial charge in [0.25, 0.3) is 0 Å². The van der Waals surface area contributed by atoms with Crippen LogP contribution in [0.1, 0.15) is 18.9 Å². The topological polar surface area (TPSA) is 41.9 Å². The number of hydrogen-bond donors (Lipinski definition) is 0. The molecular formula is C13H17ClN2O2. The van der Waals surface area contributed by atoms with Gasteiger partial charge in [-0.3, -0.25) is 4.79 Å². The molecule has 0 amide bonds. The van der Waals surface area contributed by atoms with Crippen molar-refractivity contribution >= 4 is 23.3 Å². The Morgan fingerprint density at radius 3 is 2.44 bits per heavy atom. The highest BCUT2D eigenvalue weighted by Crippen LogP contribution is 2.12. The fraction of sp³-hybridized carbons (Fsp3) is 0.385. The Morgan fingerprint density at radius 2 is 1.94 bits per heavy atom. The molecule has 0 radical (unpaired) electrons. The molecule has 0 aliphatic heterocycles. The maximum Gasteiger partial charge on any atom is 0.311 e. The molecule has 0 saturated heterocycles. The monoisotopic (exact) mass is 268 g/mol. The van der Waals surface area contributed by atoms with Crippen molar-refractivity contribution in [1.29, 1.82) is 0 Å². The number of hydrazone groups is 1. The van der Waals surface area contributed by atoms with Crippen molar-refractivity contribution < 1.29 is 9.53 Å². The number of esters is 1. The van der Waals surface area contributed by atoms with Gasteiger partial charge in [0.1, 0.15) is 0 Å². The molecule has 0 bridgehead atoms. The molecule has 0 aromatic heterocycles. The number of carbonyl (C=O) groups is 1. The van der Waals surface area contributed by atoms with E-state index in [9.17, 15) is 4.79 Å². The minimum atomic E-state index is -0.284. The number of ether oxygens (including phenoxy) is 1. The molecule has 4 nitrogen and oxygen atoms in total. The third kappa shape index (κ3) is 4.75. The highest BCUT2D eigenvalue weighted by Gasteiger charge is 2.11. The van der Waals surface area contributed by atoms with Crippen LogP contribution in [0.15, 0.2) is 29.4 Å². The van der Waals surface area contributed by atoms with E-state index < -0.39 is 0 Å². The molecule has 1 aromatic carbocycles. The molecule has 98 valence electrons. The first-order chi connectivity index (χ1) is 8.52. The highest BCUT2D eigenvalue weighted by molar-refractivity contribution is 6.30. The summed E-state index contributed by atoms with van der Waals surface area (Å²) in [4.78, 5) is 11.5. The average Bonchev–Trinajstić information content (AvgIpc) is 2.28. The maximum absolute atomic E-state index is 11.5. The van der Waals surface area contributed by atoms with Crippen molar-refractivity contribution in [2.45, 2.75) is 13.3 Å². The Bertz CT molecular complexity index is 427. The standard InChI is InChI=1S/C13H17ClN2O2/c1-4-18-13(17)9-12(15-16(2)3)10-5-7-11(14)8-6-10/h5-8H,4,9H2,1-3H3/b15-12+. The minimum absolute atomic E-state index is 0.146. The minimum Gasteiger partial charge on any atom is -0.466 e. The van der Waals surface area contributed by atoms with Crippen molar-refractivity contribution in [2.75, 3.05) is 20.7 Å². The summed E-state index contributed by atoms with van der Waals surface area (Å²) in [5.41, 5.74) is 1.52. The smallest absolute Gasteiger partial charge is 0.311 e. The van der Waals surface area contributed by atoms with E-state index in [1.54, 1.807) is 38.2 Å². The maximum atomic E-state index is 11.5. The Balaban J connectivity index is 2.92. The van der Waals surface area contributed by atoms with Crippen LogP contribution in [0.25, 0.3) is 0 Å². The molecule has 0 atom stereocenters. The number of benzene rings is 1. The van der Waals surface area contributed by atoms with Crippen molar-refractivity contribution in [3.63, 3.8) is 0 Å². The molecule has 0 N–H and O–H groups in total. The summed E-state index contributed by atoms with van der Waals surface area (Å²) in [5.74, 6) is -0.284. The van der Waals surface area contributed by atoms with Crippen molar-refractivity contribution in [3.05, 3.63) is 34.9 Å². The summed E-state index contributed by atoms with van der Waals surface area (Å²) in [7, 11) is 3.61. The van der Waals surface area contributed by atoms with Crippen molar-refractivity contribution in [2.24, 2.45) is 5.10 Å². The number of nitrogens with zero attached hydrogens (tertiary/aromatic N) is 2. The SMILES string of the molecule is CCOC(=O)C/C(=N\N(C)C)c1ccc(Cl)cc1. The summed E-state index contributed by atoms with van der Waals surface area (Å²) in [6.07, 6.45) is 0.146. The van der Waals surface area contributed by atoms with Gasteiger partial charge in [-0.2, -0.15) is 5.10 Å². The molecule has 0 aliphatic carbocycles. The number of carbonyl (C=O) groups excluding carboxylic acids is 1. The van der Waals surface area contributed by atoms with Gasteiger partial charge in [-0.15, -0.1) is 0 Å². The summed E-state index contributed by atoms with van der Waals surface area (Å²) < 4.78 is 4.93. The lowest BCUT2D eigenvalue weighted by molar-refractivity contribution is -0.141. The molecule has 5 heteroatoms. The van der Waals surface area contributed by atoms with Crippen LogP contribution < -0.4 is 0 Å². The normalized spacial score (nSPS) is 11.2. The van der Waals surface area contributed by atoms with Crippen molar-refractivity contribution in [1.82, 2.24) is 5.01 Å². The van der Waals surface area contributed by atoms with E-state index in [-0.39, 0.29) is 12.4 Å². The van der Waals surface area contributed by atoms with Gasteiger partial charge in [0.05, 0.1) is 18.7 Å². The van der Waals surface area contributed by atoms with Crippen molar-refractivity contribution in [3.8, 4) is 0 Å². The lowest BCUT2D eigenvalue weighted by atomic mass is 10.1. The fourth-order valence-corrected chi connectivity index (χ4v) is 1.55. The molecule has 0 saturated carbocycles. The molecule has 1 aromatic rings. The number of rotatable bonds is 5. The second-order valence-electron chi connectivity index (χ2n) is 3.88. The molecule has 0 heterocycles. The second kappa shape index (κ2) is 7.01. The third-order valence-electron chi connectivity index (χ3n) is 2.12. The fourth-order valence-electron chi connectivity index (χ4n) is 1.43. The summed E-state index contributed by atoms with van der Waals surface area (Å²) in [5, 5.41) is 6.61. The van der Waals surface area contributed by atoms with E-state index in [2.05, 4.69) is 5.10 Å². The van der Waals surface area contributed by atoms with Crippen LogP contribution in [0.4, 0.5) is 0 Å². The van der Waals surface area contributed by atoms with Crippen LogP contribution in [0, 0.1) is 0 Å². The largest absolute Gasteiger partial charge is 0.466 e. The molecule has 0 aliphatic rings. The molecule has 0 spiro atoms. The predicted octanol–water partition coefficient (Wildman–Crippen LogP) is 2.56. The van der Waals surface area contributed by atoms with E-state index in [0.29, 0.717) is 17.3 Å². The molecule has 1 rings (SSSR count). The van der Waals surface area contributed by atoms with E-state index in [1.807, 2.05) is 12.1 Å². The first kappa shape index (κ1) is 14.5.